The quantitative estimate of drug-likeness (QED) is 0.601. The van der Waals surface area contributed by atoms with Crippen LogP contribution in [-0.2, 0) is 0 Å². The van der Waals surface area contributed by atoms with E-state index in [0.717, 1.165) is 12.0 Å². The molecular formula is C17H36N2. The van der Waals surface area contributed by atoms with Gasteiger partial charge in [0.15, 0.2) is 0 Å². The molecule has 1 N–H and O–H groups in total. The summed E-state index contributed by atoms with van der Waals surface area (Å²) in [5.41, 5.74) is 0. The van der Waals surface area contributed by atoms with E-state index in [-0.39, 0.29) is 0 Å². The summed E-state index contributed by atoms with van der Waals surface area (Å²) in [4.78, 5) is 2.77. The van der Waals surface area contributed by atoms with Gasteiger partial charge in [0.2, 0.25) is 0 Å². The molecule has 0 aromatic heterocycles. The molecule has 1 saturated heterocycles. The molecule has 1 rings (SSSR count). The minimum absolute atomic E-state index is 0.781. The van der Waals surface area contributed by atoms with Gasteiger partial charge in [-0.05, 0) is 64.2 Å². The summed E-state index contributed by atoms with van der Waals surface area (Å²) in [6.07, 6.45) is 11.2. The van der Waals surface area contributed by atoms with E-state index >= 15 is 0 Å². The second kappa shape index (κ2) is 10.7. The lowest BCUT2D eigenvalue weighted by molar-refractivity contribution is 0.137. The summed E-state index contributed by atoms with van der Waals surface area (Å²) in [6.45, 7) is 12.0. The molecule has 0 spiro atoms. The van der Waals surface area contributed by atoms with Crippen LogP contribution in [0.1, 0.15) is 72.1 Å². The Labute approximate surface area is 121 Å². The van der Waals surface area contributed by atoms with Gasteiger partial charge in [-0.2, -0.15) is 0 Å². The first-order valence-electron chi connectivity index (χ1n) is 8.68. The number of nitrogens with zero attached hydrogens (tertiary/aromatic N) is 1. The van der Waals surface area contributed by atoms with Crippen LogP contribution in [-0.4, -0.2) is 37.1 Å². The molecule has 0 saturated carbocycles. The minimum Gasteiger partial charge on any atom is -0.316 e. The Morgan fingerprint density at radius 1 is 1.16 bits per heavy atom. The van der Waals surface area contributed by atoms with Crippen LogP contribution >= 0.6 is 0 Å². The minimum atomic E-state index is 0.781. The lowest BCUT2D eigenvalue weighted by Gasteiger charge is -2.35. The lowest BCUT2D eigenvalue weighted by Crippen LogP contribution is -2.39. The van der Waals surface area contributed by atoms with E-state index in [1.807, 2.05) is 0 Å². The molecular weight excluding hydrogens is 232 g/mol. The fraction of sp³-hybridized carbons (Fsp3) is 1.00. The van der Waals surface area contributed by atoms with Crippen molar-refractivity contribution < 1.29 is 0 Å². The number of hydrogen-bond donors (Lipinski definition) is 1. The van der Waals surface area contributed by atoms with Crippen molar-refractivity contribution in [2.24, 2.45) is 5.92 Å². The second-order valence-corrected chi connectivity index (χ2v) is 6.63. The van der Waals surface area contributed by atoms with E-state index in [9.17, 15) is 0 Å². The Balaban J connectivity index is 2.00. The number of hydrogen-bond acceptors (Lipinski definition) is 2. The van der Waals surface area contributed by atoms with Crippen LogP contribution < -0.4 is 5.32 Å². The maximum absolute atomic E-state index is 3.54. The third-order valence-electron chi connectivity index (χ3n) is 4.22. The van der Waals surface area contributed by atoms with E-state index in [4.69, 9.17) is 0 Å². The van der Waals surface area contributed by atoms with Crippen molar-refractivity contribution in [3.63, 3.8) is 0 Å². The summed E-state index contributed by atoms with van der Waals surface area (Å²) in [7, 11) is 0. The van der Waals surface area contributed by atoms with Gasteiger partial charge >= 0.3 is 0 Å². The Bertz CT molecular complexity index is 201. The molecule has 1 heterocycles. The van der Waals surface area contributed by atoms with E-state index < -0.39 is 0 Å². The number of piperidine rings is 1. The van der Waals surface area contributed by atoms with Crippen molar-refractivity contribution in [3.8, 4) is 0 Å². The summed E-state index contributed by atoms with van der Waals surface area (Å²) >= 11 is 0. The van der Waals surface area contributed by atoms with Gasteiger partial charge in [0.1, 0.15) is 0 Å². The molecule has 1 fully saturated rings. The van der Waals surface area contributed by atoms with Crippen LogP contribution in [0.15, 0.2) is 0 Å². The molecule has 0 aliphatic carbocycles. The standard InChI is InChI=1S/C17H36N2/c1-4-10-17-11-6-9-14-19(17)13-8-5-7-12-18-15-16(2)3/h16-18H,4-15H2,1-3H3. The average molecular weight is 268 g/mol. The number of rotatable bonds is 10. The molecule has 114 valence electrons. The Hall–Kier alpha value is -0.0800. The third-order valence-corrected chi connectivity index (χ3v) is 4.22. The molecule has 0 bridgehead atoms. The highest BCUT2D eigenvalue weighted by Gasteiger charge is 2.20. The Kier molecular flexibility index (Phi) is 9.54. The fourth-order valence-corrected chi connectivity index (χ4v) is 3.15. The van der Waals surface area contributed by atoms with Crippen molar-refractivity contribution in [1.29, 1.82) is 0 Å². The molecule has 19 heavy (non-hydrogen) atoms. The molecule has 1 atom stereocenters. The van der Waals surface area contributed by atoms with E-state index in [0.29, 0.717) is 0 Å². The molecule has 2 heteroatoms. The first kappa shape index (κ1) is 17.0. The molecule has 0 aromatic carbocycles. The van der Waals surface area contributed by atoms with Crippen LogP contribution in [0.2, 0.25) is 0 Å². The smallest absolute Gasteiger partial charge is 0.00951 e. The van der Waals surface area contributed by atoms with E-state index in [2.05, 4.69) is 31.0 Å². The number of unbranched alkanes of at least 4 members (excludes halogenated alkanes) is 2. The second-order valence-electron chi connectivity index (χ2n) is 6.63. The van der Waals surface area contributed by atoms with Crippen molar-refractivity contribution >= 4 is 0 Å². The van der Waals surface area contributed by atoms with Crippen LogP contribution in [0.5, 0.6) is 0 Å². The van der Waals surface area contributed by atoms with Crippen molar-refractivity contribution in [2.45, 2.75) is 78.2 Å². The molecule has 0 amide bonds. The maximum Gasteiger partial charge on any atom is 0.00951 e. The zero-order chi connectivity index (χ0) is 13.9. The van der Waals surface area contributed by atoms with Crippen LogP contribution in [0.3, 0.4) is 0 Å². The van der Waals surface area contributed by atoms with Crippen LogP contribution in [0, 0.1) is 5.92 Å². The molecule has 1 aliphatic heterocycles. The van der Waals surface area contributed by atoms with Gasteiger partial charge in [0.05, 0.1) is 0 Å². The predicted octanol–water partition coefficient (Wildman–Crippen LogP) is 4.06. The normalized spacial score (nSPS) is 21.2. The van der Waals surface area contributed by atoms with Gasteiger partial charge in [-0.15, -0.1) is 0 Å². The summed E-state index contributed by atoms with van der Waals surface area (Å²) in [5.74, 6) is 0.781. The summed E-state index contributed by atoms with van der Waals surface area (Å²) in [5, 5.41) is 3.54. The molecule has 2 nitrogen and oxygen atoms in total. The first-order chi connectivity index (χ1) is 9.24. The highest BCUT2D eigenvalue weighted by atomic mass is 15.2. The zero-order valence-electron chi connectivity index (χ0n) is 13.6. The van der Waals surface area contributed by atoms with Gasteiger partial charge in [-0.25, -0.2) is 0 Å². The molecule has 0 aromatic rings. The fourth-order valence-electron chi connectivity index (χ4n) is 3.15. The Morgan fingerprint density at radius 3 is 2.74 bits per heavy atom. The number of likely N-dealkylation sites (tertiary alicyclic amines) is 1. The zero-order valence-corrected chi connectivity index (χ0v) is 13.6. The highest BCUT2D eigenvalue weighted by Crippen LogP contribution is 2.21. The van der Waals surface area contributed by atoms with Gasteiger partial charge in [-0.3, -0.25) is 0 Å². The van der Waals surface area contributed by atoms with Crippen molar-refractivity contribution in [2.75, 3.05) is 26.2 Å². The topological polar surface area (TPSA) is 15.3 Å². The predicted molar refractivity (Wildman–Crippen MR) is 85.7 cm³/mol. The summed E-state index contributed by atoms with van der Waals surface area (Å²) in [6, 6.07) is 0.901. The van der Waals surface area contributed by atoms with Gasteiger partial charge < -0.3 is 10.2 Å². The monoisotopic (exact) mass is 268 g/mol. The van der Waals surface area contributed by atoms with Crippen LogP contribution in [0.25, 0.3) is 0 Å². The summed E-state index contributed by atoms with van der Waals surface area (Å²) < 4.78 is 0. The van der Waals surface area contributed by atoms with Gasteiger partial charge in [-0.1, -0.05) is 40.0 Å². The average Bonchev–Trinajstić information content (AvgIpc) is 2.39. The number of nitrogens with one attached hydrogen (secondary N) is 1. The van der Waals surface area contributed by atoms with E-state index in [1.165, 1.54) is 77.5 Å². The SMILES string of the molecule is CCCC1CCCCN1CCCCCNCC(C)C. The first-order valence-corrected chi connectivity index (χ1v) is 8.68. The van der Waals surface area contributed by atoms with Crippen LogP contribution in [0.4, 0.5) is 0 Å². The third kappa shape index (κ3) is 7.94. The van der Waals surface area contributed by atoms with Crippen molar-refractivity contribution in [1.82, 2.24) is 10.2 Å². The molecule has 0 radical (unpaired) electrons. The van der Waals surface area contributed by atoms with Gasteiger partial charge in [0, 0.05) is 6.04 Å². The van der Waals surface area contributed by atoms with E-state index in [1.54, 1.807) is 0 Å². The highest BCUT2D eigenvalue weighted by molar-refractivity contribution is 4.76. The Morgan fingerprint density at radius 2 is 2.00 bits per heavy atom. The van der Waals surface area contributed by atoms with Gasteiger partial charge in [0.25, 0.3) is 0 Å². The molecule has 1 unspecified atom stereocenters. The van der Waals surface area contributed by atoms with Crippen molar-refractivity contribution in [3.05, 3.63) is 0 Å². The maximum atomic E-state index is 3.54. The largest absolute Gasteiger partial charge is 0.316 e. The lowest BCUT2D eigenvalue weighted by atomic mass is 9.98. The molecule has 1 aliphatic rings.